The second-order valence-corrected chi connectivity index (χ2v) is 6.90. The van der Waals surface area contributed by atoms with Gasteiger partial charge in [-0.2, -0.15) is 0 Å². The molecule has 0 aliphatic heterocycles. The van der Waals surface area contributed by atoms with Gasteiger partial charge in [0.05, 0.1) is 11.0 Å². The van der Waals surface area contributed by atoms with Crippen molar-refractivity contribution in [3.63, 3.8) is 0 Å². The Balaban J connectivity index is 2.08. The summed E-state index contributed by atoms with van der Waals surface area (Å²) in [6.07, 6.45) is 3.20. The molecule has 1 aliphatic carbocycles. The quantitative estimate of drug-likeness (QED) is 0.797. The van der Waals surface area contributed by atoms with Crippen LogP contribution in [0.5, 0.6) is 0 Å². The Kier molecular flexibility index (Phi) is 3.08. The smallest absolute Gasteiger partial charge is 0.295 e. The minimum Gasteiger partial charge on any atom is -0.295 e. The Bertz CT molecular complexity index is 780. The van der Waals surface area contributed by atoms with E-state index in [4.69, 9.17) is 0 Å². The zero-order chi connectivity index (χ0) is 15.4. The molecule has 2 aromatic rings. The standard InChI is InChI=1S/C17H22N2O2/c1-17(2)9-5-6-12(17)15(20)11-7-8-13-14(10-11)19(4)16(21)18(13)3/h7-8,10,12H,5-6,9H2,1-4H3. The molecule has 0 radical (unpaired) electrons. The van der Waals surface area contributed by atoms with Crippen molar-refractivity contribution in [1.29, 1.82) is 0 Å². The van der Waals surface area contributed by atoms with E-state index in [1.807, 2.05) is 18.2 Å². The fourth-order valence-corrected chi connectivity index (χ4v) is 3.67. The molecule has 4 heteroatoms. The molecule has 3 rings (SSSR count). The van der Waals surface area contributed by atoms with Gasteiger partial charge in [0.2, 0.25) is 0 Å². The van der Waals surface area contributed by atoms with Gasteiger partial charge in [-0.25, -0.2) is 4.79 Å². The molecule has 4 nitrogen and oxygen atoms in total. The number of Topliss-reactive ketones (excluding diaryl/α,β-unsaturated/α-hetero) is 1. The molecule has 1 aromatic carbocycles. The number of imidazole rings is 1. The fourth-order valence-electron chi connectivity index (χ4n) is 3.67. The van der Waals surface area contributed by atoms with Crippen LogP contribution in [0.3, 0.4) is 0 Å². The molecule has 0 saturated heterocycles. The van der Waals surface area contributed by atoms with Crippen molar-refractivity contribution >= 4 is 16.8 Å². The minimum absolute atomic E-state index is 0.0594. The van der Waals surface area contributed by atoms with Gasteiger partial charge in [0, 0.05) is 25.6 Å². The van der Waals surface area contributed by atoms with E-state index in [0.29, 0.717) is 0 Å². The van der Waals surface area contributed by atoms with Crippen LogP contribution in [0.2, 0.25) is 0 Å². The highest BCUT2D eigenvalue weighted by Crippen LogP contribution is 2.44. The molecule has 1 saturated carbocycles. The summed E-state index contributed by atoms with van der Waals surface area (Å²) in [7, 11) is 3.50. The largest absolute Gasteiger partial charge is 0.328 e. The van der Waals surface area contributed by atoms with Gasteiger partial charge in [0.15, 0.2) is 5.78 Å². The number of carbonyl (C=O) groups is 1. The number of hydrogen-bond donors (Lipinski definition) is 0. The van der Waals surface area contributed by atoms with Crippen LogP contribution in [-0.2, 0) is 14.1 Å². The van der Waals surface area contributed by atoms with Crippen molar-refractivity contribution in [1.82, 2.24) is 9.13 Å². The number of aryl methyl sites for hydroxylation is 2. The SMILES string of the molecule is Cn1c(=O)n(C)c2cc(C(=O)C3CCCC3(C)C)ccc21. The lowest BCUT2D eigenvalue weighted by Crippen LogP contribution is -2.25. The molecular weight excluding hydrogens is 264 g/mol. The van der Waals surface area contributed by atoms with E-state index in [9.17, 15) is 9.59 Å². The lowest BCUT2D eigenvalue weighted by atomic mass is 9.78. The van der Waals surface area contributed by atoms with Crippen LogP contribution in [0.25, 0.3) is 11.0 Å². The zero-order valence-electron chi connectivity index (χ0n) is 13.1. The first-order valence-corrected chi connectivity index (χ1v) is 7.52. The molecule has 1 fully saturated rings. The molecule has 112 valence electrons. The normalized spacial score (nSPS) is 21.0. The predicted octanol–water partition coefficient (Wildman–Crippen LogP) is 2.89. The van der Waals surface area contributed by atoms with Gasteiger partial charge in [-0.3, -0.25) is 13.9 Å². The van der Waals surface area contributed by atoms with Gasteiger partial charge in [-0.1, -0.05) is 20.3 Å². The summed E-state index contributed by atoms with van der Waals surface area (Å²) in [5, 5.41) is 0. The van der Waals surface area contributed by atoms with E-state index in [-0.39, 0.29) is 22.8 Å². The maximum atomic E-state index is 12.8. The molecule has 21 heavy (non-hydrogen) atoms. The second-order valence-electron chi connectivity index (χ2n) is 6.90. The number of benzene rings is 1. The summed E-state index contributed by atoms with van der Waals surface area (Å²) in [6, 6.07) is 5.61. The average molecular weight is 286 g/mol. The lowest BCUT2D eigenvalue weighted by Gasteiger charge is -2.25. The molecule has 0 N–H and O–H groups in total. The molecule has 0 spiro atoms. The number of aromatic nitrogens is 2. The van der Waals surface area contributed by atoms with Crippen molar-refractivity contribution < 1.29 is 4.79 Å². The van der Waals surface area contributed by atoms with Crippen molar-refractivity contribution in [2.45, 2.75) is 33.1 Å². The van der Waals surface area contributed by atoms with Crippen molar-refractivity contribution in [2.75, 3.05) is 0 Å². The number of ketones is 1. The third-order valence-electron chi connectivity index (χ3n) is 5.13. The number of carbonyl (C=O) groups excluding carboxylic acids is 1. The Hall–Kier alpha value is -1.84. The molecule has 1 atom stereocenters. The van der Waals surface area contributed by atoms with E-state index in [0.717, 1.165) is 35.9 Å². The molecule has 1 unspecified atom stereocenters. The van der Waals surface area contributed by atoms with Gasteiger partial charge in [0.1, 0.15) is 0 Å². The third kappa shape index (κ3) is 2.04. The van der Waals surface area contributed by atoms with Crippen LogP contribution in [-0.4, -0.2) is 14.9 Å². The summed E-state index contributed by atoms with van der Waals surface area (Å²) in [5.74, 6) is 0.311. The Morgan fingerprint density at radius 3 is 2.48 bits per heavy atom. The van der Waals surface area contributed by atoms with Crippen molar-refractivity contribution in [3.05, 3.63) is 34.2 Å². The van der Waals surface area contributed by atoms with Gasteiger partial charge in [-0.15, -0.1) is 0 Å². The van der Waals surface area contributed by atoms with Crippen LogP contribution in [0.15, 0.2) is 23.0 Å². The fraction of sp³-hybridized carbons (Fsp3) is 0.529. The van der Waals surface area contributed by atoms with Crippen LogP contribution in [0, 0.1) is 11.3 Å². The lowest BCUT2D eigenvalue weighted by molar-refractivity contribution is 0.0839. The number of hydrogen-bond acceptors (Lipinski definition) is 2. The van der Waals surface area contributed by atoms with Gasteiger partial charge < -0.3 is 0 Å². The molecule has 1 aromatic heterocycles. The topological polar surface area (TPSA) is 44.0 Å². The summed E-state index contributed by atoms with van der Waals surface area (Å²) in [5.41, 5.74) is 2.43. The van der Waals surface area contributed by atoms with Crippen molar-refractivity contribution in [2.24, 2.45) is 25.4 Å². The molecule has 0 bridgehead atoms. The minimum atomic E-state index is -0.0594. The van der Waals surface area contributed by atoms with Crippen LogP contribution < -0.4 is 5.69 Å². The summed E-state index contributed by atoms with van der Waals surface area (Å²) in [6.45, 7) is 4.36. The van der Waals surface area contributed by atoms with Gasteiger partial charge in [0.25, 0.3) is 0 Å². The van der Waals surface area contributed by atoms with Gasteiger partial charge >= 0.3 is 5.69 Å². The van der Waals surface area contributed by atoms with E-state index in [2.05, 4.69) is 13.8 Å². The summed E-state index contributed by atoms with van der Waals surface area (Å²) < 4.78 is 3.22. The first-order chi connectivity index (χ1) is 9.83. The van der Waals surface area contributed by atoms with Crippen LogP contribution >= 0.6 is 0 Å². The first-order valence-electron chi connectivity index (χ1n) is 7.52. The van der Waals surface area contributed by atoms with E-state index in [1.165, 1.54) is 0 Å². The number of fused-ring (bicyclic) bond motifs is 1. The van der Waals surface area contributed by atoms with Gasteiger partial charge in [-0.05, 0) is 36.5 Å². The number of nitrogens with zero attached hydrogens (tertiary/aromatic N) is 2. The van der Waals surface area contributed by atoms with Crippen molar-refractivity contribution in [3.8, 4) is 0 Å². The molecule has 0 amide bonds. The monoisotopic (exact) mass is 286 g/mol. The third-order valence-corrected chi connectivity index (χ3v) is 5.13. The first kappa shape index (κ1) is 14.1. The Morgan fingerprint density at radius 2 is 1.86 bits per heavy atom. The average Bonchev–Trinajstić information content (AvgIpc) is 2.91. The molecule has 1 aliphatic rings. The maximum absolute atomic E-state index is 12.8. The van der Waals surface area contributed by atoms with E-state index in [1.54, 1.807) is 23.2 Å². The Morgan fingerprint density at radius 1 is 1.19 bits per heavy atom. The number of rotatable bonds is 2. The van der Waals surface area contributed by atoms with Crippen LogP contribution in [0.1, 0.15) is 43.5 Å². The van der Waals surface area contributed by atoms with E-state index < -0.39 is 0 Å². The summed E-state index contributed by atoms with van der Waals surface area (Å²) >= 11 is 0. The van der Waals surface area contributed by atoms with E-state index >= 15 is 0 Å². The highest BCUT2D eigenvalue weighted by Gasteiger charge is 2.39. The molecule has 1 heterocycles. The highest BCUT2D eigenvalue weighted by atomic mass is 16.1. The Labute approximate surface area is 124 Å². The summed E-state index contributed by atoms with van der Waals surface area (Å²) in [4.78, 5) is 24.8. The second kappa shape index (κ2) is 4.58. The molecular formula is C17H22N2O2. The predicted molar refractivity (Wildman–Crippen MR) is 83.6 cm³/mol. The zero-order valence-corrected chi connectivity index (χ0v) is 13.1. The van der Waals surface area contributed by atoms with Crippen LogP contribution in [0.4, 0.5) is 0 Å². The highest BCUT2D eigenvalue weighted by molar-refractivity contribution is 6.01. The maximum Gasteiger partial charge on any atom is 0.328 e.